The van der Waals surface area contributed by atoms with Gasteiger partial charge in [-0.05, 0) is 65.8 Å². The number of hydrogen-bond acceptors (Lipinski definition) is 5. The number of anilines is 1. The van der Waals surface area contributed by atoms with Crippen LogP contribution in [0.1, 0.15) is 83.0 Å². The van der Waals surface area contributed by atoms with Crippen molar-refractivity contribution in [1.82, 2.24) is 0 Å². The molecule has 3 aromatic carbocycles. The van der Waals surface area contributed by atoms with Gasteiger partial charge in [0.25, 0.3) is 11.7 Å². The summed E-state index contributed by atoms with van der Waals surface area (Å²) >= 11 is 0. The highest BCUT2D eigenvalue weighted by molar-refractivity contribution is 6.51. The number of aliphatic hydroxyl groups is 1. The molecular weight excluding hydrogens is 514 g/mol. The number of carbonyl (C=O) groups is 2. The summed E-state index contributed by atoms with van der Waals surface area (Å²) in [5.41, 5.74) is 2.82. The van der Waals surface area contributed by atoms with E-state index in [4.69, 9.17) is 9.47 Å². The van der Waals surface area contributed by atoms with E-state index in [1.807, 2.05) is 37.3 Å². The van der Waals surface area contributed by atoms with Crippen molar-refractivity contribution in [3.63, 3.8) is 0 Å². The molecule has 4 rings (SSSR count). The topological polar surface area (TPSA) is 76.1 Å². The van der Waals surface area contributed by atoms with Crippen LogP contribution in [-0.2, 0) is 15.0 Å². The summed E-state index contributed by atoms with van der Waals surface area (Å²) in [6.45, 7) is 11.7. The number of carbonyl (C=O) groups excluding carboxylic acids is 2. The number of nitrogens with zero attached hydrogens (tertiary/aromatic N) is 1. The first-order valence-corrected chi connectivity index (χ1v) is 14.5. The molecule has 0 bridgehead atoms. The monoisotopic (exact) mass is 555 g/mol. The van der Waals surface area contributed by atoms with Crippen LogP contribution >= 0.6 is 0 Å². The standard InChI is InChI=1S/C35H41NO5/c1-6-8-9-22-41-28-19-15-25(16-20-28)32(37)30-31(24-13-17-26(18-14-24)35(3,4)5)36(34(39)33(30)38)27-11-10-12-29(23-27)40-21-7-2/h10-20,23,31,37H,6-9,21-22H2,1-5H3/b32-30+. The van der Waals surface area contributed by atoms with Crippen LogP contribution in [0.5, 0.6) is 11.5 Å². The highest BCUT2D eigenvalue weighted by atomic mass is 16.5. The van der Waals surface area contributed by atoms with E-state index in [1.54, 1.807) is 42.5 Å². The molecule has 1 aliphatic rings. The van der Waals surface area contributed by atoms with E-state index in [-0.39, 0.29) is 16.7 Å². The molecule has 1 atom stereocenters. The Morgan fingerprint density at radius 1 is 0.829 bits per heavy atom. The maximum absolute atomic E-state index is 13.6. The zero-order chi connectivity index (χ0) is 29.6. The van der Waals surface area contributed by atoms with Gasteiger partial charge in [-0.2, -0.15) is 0 Å². The molecule has 0 radical (unpaired) electrons. The van der Waals surface area contributed by atoms with Crippen LogP contribution in [0.4, 0.5) is 5.69 Å². The first-order chi connectivity index (χ1) is 19.7. The Labute approximate surface area is 243 Å². The molecule has 41 heavy (non-hydrogen) atoms. The Hall–Kier alpha value is -4.06. The van der Waals surface area contributed by atoms with E-state index in [1.165, 1.54) is 4.90 Å². The molecular formula is C35H41NO5. The van der Waals surface area contributed by atoms with Gasteiger partial charge in [-0.3, -0.25) is 14.5 Å². The fraction of sp³-hybridized carbons (Fsp3) is 0.371. The molecule has 1 aliphatic heterocycles. The molecule has 1 N–H and O–H groups in total. The zero-order valence-corrected chi connectivity index (χ0v) is 24.8. The van der Waals surface area contributed by atoms with Crippen LogP contribution in [0.2, 0.25) is 0 Å². The second-order valence-corrected chi connectivity index (χ2v) is 11.5. The smallest absolute Gasteiger partial charge is 0.300 e. The van der Waals surface area contributed by atoms with Crippen molar-refractivity contribution in [2.24, 2.45) is 0 Å². The molecule has 1 fully saturated rings. The predicted octanol–water partition coefficient (Wildman–Crippen LogP) is 7.97. The summed E-state index contributed by atoms with van der Waals surface area (Å²) in [5, 5.41) is 11.5. The van der Waals surface area contributed by atoms with Gasteiger partial charge in [0.05, 0.1) is 24.8 Å². The van der Waals surface area contributed by atoms with Gasteiger partial charge in [0, 0.05) is 17.3 Å². The van der Waals surface area contributed by atoms with Crippen LogP contribution in [0.25, 0.3) is 5.76 Å². The van der Waals surface area contributed by atoms with Crippen molar-refractivity contribution in [2.75, 3.05) is 18.1 Å². The minimum absolute atomic E-state index is 0.0509. The number of Topliss-reactive ketones (excluding diaryl/α,β-unsaturated/α-hetero) is 1. The van der Waals surface area contributed by atoms with Crippen molar-refractivity contribution < 1.29 is 24.2 Å². The van der Waals surface area contributed by atoms with E-state index in [2.05, 4.69) is 27.7 Å². The van der Waals surface area contributed by atoms with Gasteiger partial charge in [0.2, 0.25) is 0 Å². The molecule has 0 aliphatic carbocycles. The Morgan fingerprint density at radius 3 is 2.15 bits per heavy atom. The van der Waals surface area contributed by atoms with Crippen molar-refractivity contribution in [1.29, 1.82) is 0 Å². The molecule has 6 heteroatoms. The lowest BCUT2D eigenvalue weighted by Crippen LogP contribution is -2.29. The van der Waals surface area contributed by atoms with Crippen molar-refractivity contribution >= 4 is 23.1 Å². The van der Waals surface area contributed by atoms with Gasteiger partial charge < -0.3 is 14.6 Å². The number of benzene rings is 3. The Kier molecular flexibility index (Phi) is 9.53. The molecule has 216 valence electrons. The fourth-order valence-corrected chi connectivity index (χ4v) is 4.93. The fourth-order valence-electron chi connectivity index (χ4n) is 4.93. The van der Waals surface area contributed by atoms with E-state index >= 15 is 0 Å². The minimum Gasteiger partial charge on any atom is -0.507 e. The number of amides is 1. The maximum atomic E-state index is 13.6. The predicted molar refractivity (Wildman–Crippen MR) is 164 cm³/mol. The molecule has 1 unspecified atom stereocenters. The maximum Gasteiger partial charge on any atom is 0.300 e. The summed E-state index contributed by atoms with van der Waals surface area (Å²) in [5.74, 6) is -0.335. The number of aliphatic hydroxyl groups excluding tert-OH is 1. The van der Waals surface area contributed by atoms with Gasteiger partial charge in [-0.25, -0.2) is 0 Å². The van der Waals surface area contributed by atoms with E-state index < -0.39 is 17.7 Å². The summed E-state index contributed by atoms with van der Waals surface area (Å²) in [4.78, 5) is 28.6. The lowest BCUT2D eigenvalue weighted by atomic mass is 9.85. The van der Waals surface area contributed by atoms with Crippen LogP contribution in [0.15, 0.2) is 78.4 Å². The molecule has 1 amide bonds. The second-order valence-electron chi connectivity index (χ2n) is 11.5. The first-order valence-electron chi connectivity index (χ1n) is 14.5. The van der Waals surface area contributed by atoms with Crippen LogP contribution in [0.3, 0.4) is 0 Å². The average molecular weight is 556 g/mol. The summed E-state index contributed by atoms with van der Waals surface area (Å²) in [7, 11) is 0. The SMILES string of the molecule is CCCCCOc1ccc(/C(O)=C2\C(=O)C(=O)N(c3cccc(OCCC)c3)C2c2ccc(C(C)(C)C)cc2)cc1. The van der Waals surface area contributed by atoms with Gasteiger partial charge in [-0.15, -0.1) is 0 Å². The lowest BCUT2D eigenvalue weighted by molar-refractivity contribution is -0.132. The molecule has 3 aromatic rings. The Bertz CT molecular complexity index is 1380. The van der Waals surface area contributed by atoms with Gasteiger partial charge >= 0.3 is 0 Å². The first kappa shape index (κ1) is 29.9. The van der Waals surface area contributed by atoms with Crippen molar-refractivity contribution in [3.8, 4) is 11.5 Å². The highest BCUT2D eigenvalue weighted by Gasteiger charge is 2.47. The number of hydrogen-bond donors (Lipinski definition) is 1. The number of rotatable bonds is 11. The highest BCUT2D eigenvalue weighted by Crippen LogP contribution is 2.43. The number of unbranched alkanes of at least 4 members (excludes halogenated alkanes) is 2. The minimum atomic E-state index is -0.810. The molecule has 1 heterocycles. The summed E-state index contributed by atoms with van der Waals surface area (Å²) in [6.07, 6.45) is 4.03. The van der Waals surface area contributed by atoms with Gasteiger partial charge in [-0.1, -0.05) is 77.8 Å². The Morgan fingerprint density at radius 2 is 1.51 bits per heavy atom. The number of ketones is 1. The molecule has 0 saturated carbocycles. The third-order valence-electron chi connectivity index (χ3n) is 7.25. The molecule has 1 saturated heterocycles. The van der Waals surface area contributed by atoms with E-state index in [0.29, 0.717) is 36.0 Å². The second kappa shape index (κ2) is 13.1. The lowest BCUT2D eigenvalue weighted by Gasteiger charge is -2.27. The van der Waals surface area contributed by atoms with Crippen molar-refractivity contribution in [2.45, 2.75) is 71.8 Å². The number of ether oxygens (including phenoxy) is 2. The van der Waals surface area contributed by atoms with Crippen LogP contribution < -0.4 is 14.4 Å². The summed E-state index contributed by atoms with van der Waals surface area (Å²) < 4.78 is 11.6. The van der Waals surface area contributed by atoms with Gasteiger partial charge in [0.15, 0.2) is 0 Å². The third kappa shape index (κ3) is 6.82. The van der Waals surface area contributed by atoms with Crippen LogP contribution in [-0.4, -0.2) is 30.0 Å². The third-order valence-corrected chi connectivity index (χ3v) is 7.25. The summed E-state index contributed by atoms with van der Waals surface area (Å²) in [6, 6.07) is 21.3. The van der Waals surface area contributed by atoms with E-state index in [9.17, 15) is 14.7 Å². The van der Waals surface area contributed by atoms with Crippen molar-refractivity contribution in [3.05, 3.63) is 95.1 Å². The normalized spacial score (nSPS) is 16.7. The largest absolute Gasteiger partial charge is 0.507 e. The van der Waals surface area contributed by atoms with Crippen LogP contribution in [0, 0.1) is 0 Å². The van der Waals surface area contributed by atoms with E-state index in [0.717, 1.165) is 36.8 Å². The molecule has 0 aromatic heterocycles. The average Bonchev–Trinajstić information content (AvgIpc) is 3.24. The molecule has 6 nitrogen and oxygen atoms in total. The Balaban J connectivity index is 1.77. The zero-order valence-electron chi connectivity index (χ0n) is 24.8. The quantitative estimate of drug-likeness (QED) is 0.112. The molecule has 0 spiro atoms. The van der Waals surface area contributed by atoms with Gasteiger partial charge in [0.1, 0.15) is 17.3 Å².